The summed E-state index contributed by atoms with van der Waals surface area (Å²) in [4.78, 5) is 30.9. The number of esters is 1. The number of aliphatic hydroxyl groups is 1. The highest BCUT2D eigenvalue weighted by Gasteiger charge is 2.57. The molecular formula is C23H31FN7O8P. The molecule has 15 nitrogen and oxygen atoms in total. The SMILES string of the molecule is C[C@H](NP(=O)(OC[C@@]1(N=[N+]=[N-])O[C@@H](n2ccc(N)nc2=O)[C@H](F)[C@@H]1O)Oc1ccccc1)C(=O)OCC(C)(C)C. The molecular weight excluding hydrogens is 552 g/mol. The van der Waals surface area contributed by atoms with Crippen molar-refractivity contribution < 1.29 is 37.4 Å². The van der Waals surface area contributed by atoms with Crippen LogP contribution in [-0.4, -0.2) is 57.9 Å². The minimum atomic E-state index is -4.53. The van der Waals surface area contributed by atoms with E-state index < -0.39 is 56.3 Å². The van der Waals surface area contributed by atoms with Gasteiger partial charge in [-0.05, 0) is 36.1 Å². The van der Waals surface area contributed by atoms with Gasteiger partial charge >= 0.3 is 19.4 Å². The Kier molecular flexibility index (Phi) is 9.56. The number of nitrogens with zero attached hydrogens (tertiary/aromatic N) is 5. The topological polar surface area (TPSA) is 213 Å². The molecule has 40 heavy (non-hydrogen) atoms. The quantitative estimate of drug-likeness (QED) is 0.115. The van der Waals surface area contributed by atoms with Crippen LogP contribution in [0, 0.1) is 5.41 Å². The minimum absolute atomic E-state index is 0.0695. The summed E-state index contributed by atoms with van der Waals surface area (Å²) in [5.74, 6) is -0.837. The molecule has 17 heteroatoms. The molecule has 1 aliphatic heterocycles. The Morgan fingerprint density at radius 1 is 1.40 bits per heavy atom. The fourth-order valence-electron chi connectivity index (χ4n) is 3.48. The summed E-state index contributed by atoms with van der Waals surface area (Å²) in [7, 11) is -4.53. The summed E-state index contributed by atoms with van der Waals surface area (Å²) in [6.45, 7) is 5.97. The van der Waals surface area contributed by atoms with E-state index in [0.717, 1.165) is 6.20 Å². The van der Waals surface area contributed by atoms with Crippen LogP contribution in [0.2, 0.25) is 0 Å². The third-order valence-electron chi connectivity index (χ3n) is 5.46. The fourth-order valence-corrected chi connectivity index (χ4v) is 4.99. The predicted octanol–water partition coefficient (Wildman–Crippen LogP) is 2.83. The number of azide groups is 1. The number of nitrogens with two attached hydrogens (primary N) is 1. The van der Waals surface area contributed by atoms with E-state index in [9.17, 15) is 19.3 Å². The standard InChI is InChI=1S/C23H31FN7O8P/c1-14(20(33)36-12-22(2,3)4)28-40(35,39-15-8-6-5-7-9-15)37-13-23(29-30-26)18(32)17(24)19(38-23)31-11-10-16(25)27-21(31)34/h5-11,14,17-19,32H,12-13H2,1-4H3,(H,28,35)(H2,25,27,34)/t14-,17+,18-,19+,23+,40?/m0/s1. The van der Waals surface area contributed by atoms with Crippen molar-refractivity contribution in [3.05, 3.63) is 63.5 Å². The maximum absolute atomic E-state index is 15.2. The Hall–Kier alpha value is -3.52. The zero-order valence-corrected chi connectivity index (χ0v) is 23.1. The van der Waals surface area contributed by atoms with E-state index in [1.165, 1.54) is 25.1 Å². The first kappa shape index (κ1) is 31.0. The molecule has 0 spiro atoms. The summed E-state index contributed by atoms with van der Waals surface area (Å²) in [6.07, 6.45) is -5.22. The molecule has 0 aliphatic carbocycles. The van der Waals surface area contributed by atoms with Crippen LogP contribution in [-0.2, 0) is 23.4 Å². The van der Waals surface area contributed by atoms with Crippen molar-refractivity contribution in [3.8, 4) is 5.75 Å². The van der Waals surface area contributed by atoms with Gasteiger partial charge < -0.3 is 24.8 Å². The van der Waals surface area contributed by atoms with Gasteiger partial charge in [0.05, 0.1) is 13.2 Å². The first-order valence-corrected chi connectivity index (χ1v) is 13.6. The number of para-hydroxylation sites is 1. The molecule has 1 aliphatic rings. The van der Waals surface area contributed by atoms with Crippen LogP contribution in [0.1, 0.15) is 33.9 Å². The van der Waals surface area contributed by atoms with E-state index in [4.69, 9.17) is 29.8 Å². The number of nitrogens with one attached hydrogen (secondary N) is 1. The lowest BCUT2D eigenvalue weighted by Crippen LogP contribution is -2.45. The average molecular weight is 584 g/mol. The number of benzene rings is 1. The molecule has 0 amide bonds. The molecule has 1 aromatic heterocycles. The van der Waals surface area contributed by atoms with Gasteiger partial charge in [-0.3, -0.25) is 13.9 Å². The third kappa shape index (κ3) is 7.56. The number of halogens is 1. The molecule has 3 rings (SSSR count). The van der Waals surface area contributed by atoms with Crippen LogP contribution in [0.4, 0.5) is 10.2 Å². The van der Waals surface area contributed by atoms with Crippen LogP contribution in [0.5, 0.6) is 5.75 Å². The van der Waals surface area contributed by atoms with Crippen molar-refractivity contribution in [3.63, 3.8) is 0 Å². The number of anilines is 1. The number of carbonyl (C=O) groups excluding carboxylic acids is 1. The molecule has 0 saturated carbocycles. The van der Waals surface area contributed by atoms with Crippen molar-refractivity contribution in [2.24, 2.45) is 10.5 Å². The van der Waals surface area contributed by atoms with E-state index in [1.54, 1.807) is 18.2 Å². The number of hydrogen-bond donors (Lipinski definition) is 3. The number of carbonyl (C=O) groups is 1. The van der Waals surface area contributed by atoms with Gasteiger partial charge in [0.25, 0.3) is 0 Å². The molecule has 0 radical (unpaired) electrons. The van der Waals surface area contributed by atoms with Gasteiger partial charge in [0.15, 0.2) is 12.4 Å². The van der Waals surface area contributed by atoms with Gasteiger partial charge in [-0.15, -0.1) is 0 Å². The lowest BCUT2D eigenvalue weighted by atomic mass is 9.99. The number of hydrogen-bond acceptors (Lipinski definition) is 11. The summed E-state index contributed by atoms with van der Waals surface area (Å²) < 4.78 is 51.5. The van der Waals surface area contributed by atoms with E-state index >= 15 is 4.39 Å². The van der Waals surface area contributed by atoms with Crippen LogP contribution in [0.15, 0.2) is 52.5 Å². The molecule has 2 aromatic rings. The predicted molar refractivity (Wildman–Crippen MR) is 139 cm³/mol. The molecule has 2 heterocycles. The molecule has 4 N–H and O–H groups in total. The maximum atomic E-state index is 15.2. The first-order chi connectivity index (χ1) is 18.7. The summed E-state index contributed by atoms with van der Waals surface area (Å²) in [5.41, 5.74) is 10.8. The highest BCUT2D eigenvalue weighted by molar-refractivity contribution is 7.52. The number of ether oxygens (including phenoxy) is 2. The summed E-state index contributed by atoms with van der Waals surface area (Å²) in [5, 5.41) is 16.5. The van der Waals surface area contributed by atoms with Gasteiger partial charge in [-0.1, -0.05) is 44.1 Å². The minimum Gasteiger partial charge on any atom is -0.464 e. The van der Waals surface area contributed by atoms with Gasteiger partial charge in [-0.2, -0.15) is 10.1 Å². The lowest BCUT2D eigenvalue weighted by Gasteiger charge is -2.29. The summed E-state index contributed by atoms with van der Waals surface area (Å²) >= 11 is 0. The number of aliphatic hydroxyl groups excluding tert-OH is 1. The van der Waals surface area contributed by atoms with Crippen molar-refractivity contribution in [2.45, 2.75) is 58.0 Å². The van der Waals surface area contributed by atoms with Crippen molar-refractivity contribution in [1.29, 1.82) is 0 Å². The van der Waals surface area contributed by atoms with E-state index in [-0.39, 0.29) is 23.6 Å². The van der Waals surface area contributed by atoms with E-state index in [2.05, 4.69) is 20.1 Å². The Labute approximate surface area is 228 Å². The van der Waals surface area contributed by atoms with E-state index in [0.29, 0.717) is 4.57 Å². The van der Waals surface area contributed by atoms with Gasteiger partial charge in [0.2, 0.25) is 5.72 Å². The molecule has 1 fully saturated rings. The maximum Gasteiger partial charge on any atom is 0.459 e. The largest absolute Gasteiger partial charge is 0.464 e. The van der Waals surface area contributed by atoms with Crippen LogP contribution >= 0.6 is 7.75 Å². The lowest BCUT2D eigenvalue weighted by molar-refractivity contribution is -0.148. The molecule has 218 valence electrons. The monoisotopic (exact) mass is 583 g/mol. The second kappa shape index (κ2) is 12.3. The Balaban J connectivity index is 1.88. The van der Waals surface area contributed by atoms with Crippen LogP contribution < -0.4 is 21.0 Å². The number of alkyl halides is 1. The van der Waals surface area contributed by atoms with Gasteiger partial charge in [0.1, 0.15) is 23.7 Å². The highest BCUT2D eigenvalue weighted by Crippen LogP contribution is 2.48. The normalized spacial score (nSPS) is 24.9. The smallest absolute Gasteiger partial charge is 0.459 e. The zero-order chi connectivity index (χ0) is 29.7. The highest BCUT2D eigenvalue weighted by atomic mass is 31.2. The average Bonchev–Trinajstić information content (AvgIpc) is 3.12. The van der Waals surface area contributed by atoms with E-state index in [1.807, 2.05) is 20.8 Å². The molecule has 1 saturated heterocycles. The first-order valence-electron chi connectivity index (χ1n) is 12.0. The van der Waals surface area contributed by atoms with Crippen LogP contribution in [0.3, 0.4) is 0 Å². The molecule has 0 bridgehead atoms. The van der Waals surface area contributed by atoms with Crippen molar-refractivity contribution in [2.75, 3.05) is 18.9 Å². The van der Waals surface area contributed by atoms with Gasteiger partial charge in [-0.25, -0.2) is 13.8 Å². The summed E-state index contributed by atoms with van der Waals surface area (Å²) in [6, 6.07) is 7.73. The Bertz CT molecular complexity index is 1350. The third-order valence-corrected chi connectivity index (χ3v) is 7.09. The molecule has 1 aromatic carbocycles. The van der Waals surface area contributed by atoms with Crippen molar-refractivity contribution >= 4 is 19.5 Å². The second-order valence-electron chi connectivity index (χ2n) is 10.2. The number of rotatable bonds is 11. The van der Waals surface area contributed by atoms with Crippen molar-refractivity contribution in [1.82, 2.24) is 14.6 Å². The number of aromatic nitrogens is 2. The number of nitrogen functional groups attached to an aromatic ring is 1. The zero-order valence-electron chi connectivity index (χ0n) is 22.2. The Morgan fingerprint density at radius 2 is 2.08 bits per heavy atom. The molecule has 1 unspecified atom stereocenters. The molecule has 6 atom stereocenters. The van der Waals surface area contributed by atoms with Crippen LogP contribution in [0.25, 0.3) is 10.4 Å². The Morgan fingerprint density at radius 3 is 2.67 bits per heavy atom. The second-order valence-corrected chi connectivity index (χ2v) is 11.9. The fraction of sp³-hybridized carbons (Fsp3) is 0.522. The van der Waals surface area contributed by atoms with Gasteiger partial charge in [0, 0.05) is 11.1 Å².